The van der Waals surface area contributed by atoms with Gasteiger partial charge in [0.2, 0.25) is 11.8 Å². The van der Waals surface area contributed by atoms with E-state index in [0.717, 1.165) is 31.6 Å². The number of hydrogen-bond acceptors (Lipinski definition) is 3. The number of amides is 2. The van der Waals surface area contributed by atoms with Crippen LogP contribution in [0.15, 0.2) is 0 Å². The molecule has 3 rings (SSSR count). The van der Waals surface area contributed by atoms with Crippen LogP contribution in [0.5, 0.6) is 0 Å². The molecule has 0 aromatic carbocycles. The highest BCUT2D eigenvalue weighted by Gasteiger charge is 2.54. The lowest BCUT2D eigenvalue weighted by molar-refractivity contribution is -0.144. The Morgan fingerprint density at radius 1 is 1.50 bits per heavy atom. The van der Waals surface area contributed by atoms with Crippen molar-refractivity contribution in [3.8, 4) is 0 Å². The van der Waals surface area contributed by atoms with Crippen LogP contribution >= 0.6 is 11.8 Å². The van der Waals surface area contributed by atoms with Crippen molar-refractivity contribution in [1.82, 2.24) is 9.80 Å². The minimum atomic E-state index is -0.223. The summed E-state index contributed by atoms with van der Waals surface area (Å²) in [7, 11) is 0. The van der Waals surface area contributed by atoms with Gasteiger partial charge in [0.25, 0.3) is 0 Å². The maximum atomic E-state index is 12.9. The second-order valence-electron chi connectivity index (χ2n) is 6.88. The van der Waals surface area contributed by atoms with Crippen LogP contribution in [0.1, 0.15) is 46.5 Å². The van der Waals surface area contributed by atoms with Gasteiger partial charge >= 0.3 is 0 Å². The van der Waals surface area contributed by atoms with E-state index in [4.69, 9.17) is 0 Å². The molecule has 112 valence electrons. The van der Waals surface area contributed by atoms with Crippen LogP contribution in [0.4, 0.5) is 0 Å². The van der Waals surface area contributed by atoms with E-state index >= 15 is 0 Å². The van der Waals surface area contributed by atoms with E-state index in [2.05, 4.69) is 20.8 Å². The molecular weight excluding hydrogens is 272 g/mol. The first-order chi connectivity index (χ1) is 9.42. The highest BCUT2D eigenvalue weighted by Crippen LogP contribution is 2.48. The van der Waals surface area contributed by atoms with Gasteiger partial charge in [-0.25, -0.2) is 0 Å². The molecule has 2 heterocycles. The van der Waals surface area contributed by atoms with Crippen molar-refractivity contribution in [2.75, 3.05) is 12.3 Å². The van der Waals surface area contributed by atoms with Gasteiger partial charge in [0.15, 0.2) is 0 Å². The largest absolute Gasteiger partial charge is 0.338 e. The van der Waals surface area contributed by atoms with E-state index in [0.29, 0.717) is 18.4 Å². The Morgan fingerprint density at radius 2 is 2.20 bits per heavy atom. The summed E-state index contributed by atoms with van der Waals surface area (Å²) in [5, 5.41) is 0. The average Bonchev–Trinajstić information content (AvgIpc) is 3.10. The van der Waals surface area contributed by atoms with E-state index in [1.165, 1.54) is 0 Å². The van der Waals surface area contributed by atoms with Crippen molar-refractivity contribution in [2.24, 2.45) is 5.92 Å². The van der Waals surface area contributed by atoms with Crippen LogP contribution in [0.25, 0.3) is 0 Å². The molecule has 3 fully saturated rings. The molecule has 5 heteroatoms. The van der Waals surface area contributed by atoms with Crippen LogP contribution < -0.4 is 0 Å². The van der Waals surface area contributed by atoms with Crippen molar-refractivity contribution in [3.05, 3.63) is 0 Å². The Bertz CT molecular complexity index is 436. The summed E-state index contributed by atoms with van der Waals surface area (Å²) in [5.41, 5.74) is 0. The lowest BCUT2D eigenvalue weighted by Crippen LogP contribution is -2.52. The monoisotopic (exact) mass is 296 g/mol. The average molecular weight is 296 g/mol. The smallest absolute Gasteiger partial charge is 0.246 e. The number of nitrogens with zero attached hydrogens (tertiary/aromatic N) is 2. The SMILES string of the molecule is CC(C)CN(C(=O)C1CSC2(C)CCC(=O)N12)C1CC1. The molecule has 3 aliphatic rings. The van der Waals surface area contributed by atoms with Crippen molar-refractivity contribution in [3.63, 3.8) is 0 Å². The summed E-state index contributed by atoms with van der Waals surface area (Å²) in [6.45, 7) is 7.23. The first-order valence-electron chi connectivity index (χ1n) is 7.69. The Labute approximate surface area is 125 Å². The fourth-order valence-electron chi connectivity index (χ4n) is 3.39. The van der Waals surface area contributed by atoms with Crippen molar-refractivity contribution >= 4 is 23.6 Å². The molecule has 0 bridgehead atoms. The topological polar surface area (TPSA) is 40.6 Å². The molecule has 0 aromatic heterocycles. The highest BCUT2D eigenvalue weighted by molar-refractivity contribution is 8.01. The van der Waals surface area contributed by atoms with Gasteiger partial charge in [-0.2, -0.15) is 0 Å². The van der Waals surface area contributed by atoms with Crippen LogP contribution in [0.2, 0.25) is 0 Å². The summed E-state index contributed by atoms with van der Waals surface area (Å²) in [6, 6.07) is 0.207. The Kier molecular flexibility index (Phi) is 3.51. The van der Waals surface area contributed by atoms with Gasteiger partial charge in [-0.05, 0) is 32.1 Å². The molecule has 0 spiro atoms. The molecule has 0 N–H and O–H groups in total. The summed E-state index contributed by atoms with van der Waals surface area (Å²) >= 11 is 1.78. The Balaban J connectivity index is 1.77. The van der Waals surface area contributed by atoms with E-state index in [9.17, 15) is 9.59 Å². The number of carbonyl (C=O) groups is 2. The van der Waals surface area contributed by atoms with Crippen LogP contribution in [0.3, 0.4) is 0 Å². The van der Waals surface area contributed by atoms with Crippen molar-refractivity contribution in [2.45, 2.75) is 63.4 Å². The molecular formula is C15H24N2O2S. The van der Waals surface area contributed by atoms with E-state index < -0.39 is 0 Å². The van der Waals surface area contributed by atoms with Crippen molar-refractivity contribution < 1.29 is 9.59 Å². The lowest BCUT2D eigenvalue weighted by atomic mass is 10.1. The fourth-order valence-corrected chi connectivity index (χ4v) is 4.82. The van der Waals surface area contributed by atoms with Crippen LogP contribution in [-0.2, 0) is 9.59 Å². The second-order valence-corrected chi connectivity index (χ2v) is 8.38. The molecule has 0 aromatic rings. The first kappa shape index (κ1) is 14.2. The summed E-state index contributed by atoms with van der Waals surface area (Å²) in [6.07, 6.45) is 3.74. The van der Waals surface area contributed by atoms with Gasteiger partial charge in [-0.1, -0.05) is 13.8 Å². The van der Waals surface area contributed by atoms with Gasteiger partial charge in [0, 0.05) is 24.8 Å². The standard InChI is InChI=1S/C15H24N2O2S/c1-10(2)8-16(11-4-5-11)14(19)12-9-20-15(3)7-6-13(18)17(12)15/h10-12H,4-9H2,1-3H3. The van der Waals surface area contributed by atoms with Gasteiger partial charge < -0.3 is 9.80 Å². The predicted octanol–water partition coefficient (Wildman–Crippen LogP) is 2.09. The third-order valence-corrected chi connectivity index (χ3v) is 6.07. The minimum absolute atomic E-state index is 0.134. The third kappa shape index (κ3) is 2.34. The molecule has 2 atom stereocenters. The molecule has 2 aliphatic heterocycles. The molecule has 2 amide bonds. The van der Waals surface area contributed by atoms with E-state index in [-0.39, 0.29) is 22.7 Å². The molecule has 1 saturated carbocycles. The number of fused-ring (bicyclic) bond motifs is 1. The van der Waals surface area contributed by atoms with Crippen molar-refractivity contribution in [1.29, 1.82) is 0 Å². The lowest BCUT2D eigenvalue weighted by Gasteiger charge is -2.34. The normalized spacial score (nSPS) is 32.9. The van der Waals surface area contributed by atoms with Crippen LogP contribution in [-0.4, -0.2) is 50.9 Å². The van der Waals surface area contributed by atoms with Crippen LogP contribution in [0, 0.1) is 5.92 Å². The minimum Gasteiger partial charge on any atom is -0.338 e. The zero-order valence-corrected chi connectivity index (χ0v) is 13.4. The molecule has 2 unspecified atom stereocenters. The fraction of sp³-hybridized carbons (Fsp3) is 0.867. The molecule has 2 saturated heterocycles. The second kappa shape index (κ2) is 4.93. The number of carbonyl (C=O) groups excluding carboxylic acids is 2. The highest BCUT2D eigenvalue weighted by atomic mass is 32.2. The molecule has 4 nitrogen and oxygen atoms in total. The Hall–Kier alpha value is -0.710. The Morgan fingerprint density at radius 3 is 2.80 bits per heavy atom. The number of rotatable bonds is 4. The summed E-state index contributed by atoms with van der Waals surface area (Å²) < 4.78 is 0. The molecule has 1 aliphatic carbocycles. The maximum Gasteiger partial charge on any atom is 0.246 e. The predicted molar refractivity (Wildman–Crippen MR) is 80.3 cm³/mol. The summed E-state index contributed by atoms with van der Waals surface area (Å²) in [5.74, 6) is 1.60. The van der Waals surface area contributed by atoms with Gasteiger partial charge in [0.1, 0.15) is 6.04 Å². The zero-order valence-electron chi connectivity index (χ0n) is 12.6. The maximum absolute atomic E-state index is 12.9. The molecule has 0 radical (unpaired) electrons. The number of thioether (sulfide) groups is 1. The van der Waals surface area contributed by atoms with Gasteiger partial charge in [0.05, 0.1) is 4.87 Å². The summed E-state index contributed by atoms with van der Waals surface area (Å²) in [4.78, 5) is 28.9. The van der Waals surface area contributed by atoms with Gasteiger partial charge in [-0.3, -0.25) is 9.59 Å². The quantitative estimate of drug-likeness (QED) is 0.797. The number of hydrogen-bond donors (Lipinski definition) is 0. The zero-order chi connectivity index (χ0) is 14.5. The molecule has 20 heavy (non-hydrogen) atoms. The van der Waals surface area contributed by atoms with E-state index in [1.54, 1.807) is 11.8 Å². The van der Waals surface area contributed by atoms with E-state index in [1.807, 2.05) is 9.80 Å². The first-order valence-corrected chi connectivity index (χ1v) is 8.67. The third-order valence-electron chi connectivity index (χ3n) is 4.56. The van der Waals surface area contributed by atoms with Gasteiger partial charge in [-0.15, -0.1) is 11.8 Å².